The zero-order valence-corrected chi connectivity index (χ0v) is 9.10. The standard InChI is InChI=1S/C11H14N2S/c1-12-6-2-3-9-4-5-10-11(7-9)14-8-13-10/h4-5,7-8,12H,2-3,6H2,1H3. The topological polar surface area (TPSA) is 24.9 Å². The van der Waals surface area contributed by atoms with E-state index in [2.05, 4.69) is 28.5 Å². The van der Waals surface area contributed by atoms with Gasteiger partial charge in [0.05, 0.1) is 15.7 Å². The van der Waals surface area contributed by atoms with Gasteiger partial charge in [-0.15, -0.1) is 11.3 Å². The minimum Gasteiger partial charge on any atom is -0.320 e. The van der Waals surface area contributed by atoms with Gasteiger partial charge in [-0.05, 0) is 44.1 Å². The molecule has 0 saturated heterocycles. The van der Waals surface area contributed by atoms with Gasteiger partial charge >= 0.3 is 0 Å². The third-order valence-electron chi connectivity index (χ3n) is 2.29. The van der Waals surface area contributed by atoms with E-state index in [-0.39, 0.29) is 0 Å². The maximum Gasteiger partial charge on any atom is 0.0812 e. The molecule has 14 heavy (non-hydrogen) atoms. The molecule has 2 rings (SSSR count). The SMILES string of the molecule is CNCCCc1ccc2ncsc2c1. The van der Waals surface area contributed by atoms with E-state index in [1.807, 2.05) is 12.6 Å². The normalized spacial score (nSPS) is 10.9. The summed E-state index contributed by atoms with van der Waals surface area (Å²) in [5, 5.41) is 3.16. The van der Waals surface area contributed by atoms with E-state index < -0.39 is 0 Å². The van der Waals surface area contributed by atoms with E-state index in [0.29, 0.717) is 0 Å². The molecule has 0 fully saturated rings. The number of nitrogens with one attached hydrogen (secondary N) is 1. The molecule has 1 heterocycles. The van der Waals surface area contributed by atoms with Crippen molar-refractivity contribution in [1.29, 1.82) is 0 Å². The minimum atomic E-state index is 1.08. The van der Waals surface area contributed by atoms with Gasteiger partial charge in [0, 0.05) is 0 Å². The first-order chi connectivity index (χ1) is 6.90. The Labute approximate surface area is 88.0 Å². The van der Waals surface area contributed by atoms with Crippen LogP contribution in [0.15, 0.2) is 23.7 Å². The Morgan fingerprint density at radius 1 is 1.43 bits per heavy atom. The number of aromatic nitrogens is 1. The zero-order valence-electron chi connectivity index (χ0n) is 8.29. The summed E-state index contributed by atoms with van der Waals surface area (Å²) in [5.41, 5.74) is 4.44. The third kappa shape index (κ3) is 2.11. The van der Waals surface area contributed by atoms with Crippen molar-refractivity contribution < 1.29 is 0 Å². The molecule has 1 N–H and O–H groups in total. The molecule has 0 radical (unpaired) electrons. The summed E-state index contributed by atoms with van der Waals surface area (Å²) >= 11 is 1.71. The maximum atomic E-state index is 4.26. The van der Waals surface area contributed by atoms with Crippen LogP contribution in [0.3, 0.4) is 0 Å². The molecule has 0 aliphatic rings. The molecule has 74 valence electrons. The molecule has 1 aromatic heterocycles. The molecule has 0 unspecified atom stereocenters. The molecule has 0 amide bonds. The molecule has 0 aliphatic carbocycles. The van der Waals surface area contributed by atoms with E-state index >= 15 is 0 Å². The average Bonchev–Trinajstić information content (AvgIpc) is 2.65. The Morgan fingerprint density at radius 3 is 3.21 bits per heavy atom. The number of thiazole rings is 1. The highest BCUT2D eigenvalue weighted by Gasteiger charge is 1.98. The summed E-state index contributed by atoms with van der Waals surface area (Å²) < 4.78 is 1.30. The predicted octanol–water partition coefficient (Wildman–Crippen LogP) is 2.45. The fourth-order valence-electron chi connectivity index (χ4n) is 1.52. The number of hydrogen-bond acceptors (Lipinski definition) is 3. The maximum absolute atomic E-state index is 4.26. The Balaban J connectivity index is 2.10. The fourth-order valence-corrected chi connectivity index (χ4v) is 2.27. The minimum absolute atomic E-state index is 1.08. The Hall–Kier alpha value is -0.930. The van der Waals surface area contributed by atoms with Crippen LogP contribution in [0.1, 0.15) is 12.0 Å². The second-order valence-corrected chi connectivity index (χ2v) is 4.25. The van der Waals surface area contributed by atoms with Crippen molar-refractivity contribution in [3.05, 3.63) is 29.3 Å². The fraction of sp³-hybridized carbons (Fsp3) is 0.364. The number of nitrogens with zero attached hydrogens (tertiary/aromatic N) is 1. The van der Waals surface area contributed by atoms with Gasteiger partial charge in [-0.1, -0.05) is 6.07 Å². The van der Waals surface area contributed by atoms with Crippen LogP contribution in [0.25, 0.3) is 10.2 Å². The number of aryl methyl sites for hydroxylation is 1. The van der Waals surface area contributed by atoms with E-state index in [1.54, 1.807) is 11.3 Å². The molecule has 3 heteroatoms. The van der Waals surface area contributed by atoms with E-state index in [1.165, 1.54) is 16.7 Å². The van der Waals surface area contributed by atoms with Crippen molar-refractivity contribution in [3.8, 4) is 0 Å². The first-order valence-electron chi connectivity index (χ1n) is 4.87. The van der Waals surface area contributed by atoms with Gasteiger partial charge in [-0.3, -0.25) is 0 Å². The van der Waals surface area contributed by atoms with Gasteiger partial charge in [-0.2, -0.15) is 0 Å². The van der Waals surface area contributed by atoms with Crippen LogP contribution in [-0.2, 0) is 6.42 Å². The first kappa shape index (κ1) is 9.62. The highest BCUT2D eigenvalue weighted by Crippen LogP contribution is 2.19. The molecule has 0 atom stereocenters. The van der Waals surface area contributed by atoms with E-state index in [9.17, 15) is 0 Å². The summed E-state index contributed by atoms with van der Waals surface area (Å²) in [6.45, 7) is 1.08. The van der Waals surface area contributed by atoms with Gasteiger partial charge in [0.1, 0.15) is 0 Å². The van der Waals surface area contributed by atoms with Crippen molar-refractivity contribution in [1.82, 2.24) is 10.3 Å². The molecular formula is C11H14N2S. The lowest BCUT2D eigenvalue weighted by atomic mass is 10.1. The summed E-state index contributed by atoms with van der Waals surface area (Å²) in [4.78, 5) is 4.26. The van der Waals surface area contributed by atoms with Crippen LogP contribution >= 0.6 is 11.3 Å². The molecule has 0 aliphatic heterocycles. The van der Waals surface area contributed by atoms with Crippen molar-refractivity contribution in [2.75, 3.05) is 13.6 Å². The van der Waals surface area contributed by atoms with Gasteiger partial charge in [0.15, 0.2) is 0 Å². The van der Waals surface area contributed by atoms with Crippen LogP contribution in [0.4, 0.5) is 0 Å². The second-order valence-electron chi connectivity index (χ2n) is 3.36. The molecule has 0 bridgehead atoms. The van der Waals surface area contributed by atoms with E-state index in [0.717, 1.165) is 18.5 Å². The van der Waals surface area contributed by atoms with Gasteiger partial charge in [0.25, 0.3) is 0 Å². The van der Waals surface area contributed by atoms with Gasteiger partial charge in [0.2, 0.25) is 0 Å². The molecule has 0 saturated carbocycles. The molecular weight excluding hydrogens is 192 g/mol. The summed E-state index contributed by atoms with van der Waals surface area (Å²) in [5.74, 6) is 0. The van der Waals surface area contributed by atoms with Gasteiger partial charge in [-0.25, -0.2) is 4.98 Å². The van der Waals surface area contributed by atoms with Crippen LogP contribution in [0, 0.1) is 0 Å². The Bertz CT molecular complexity index is 408. The number of rotatable bonds is 4. The van der Waals surface area contributed by atoms with Crippen LogP contribution < -0.4 is 5.32 Å². The highest BCUT2D eigenvalue weighted by atomic mass is 32.1. The second kappa shape index (κ2) is 4.53. The first-order valence-corrected chi connectivity index (χ1v) is 5.75. The van der Waals surface area contributed by atoms with Crippen LogP contribution in [0.5, 0.6) is 0 Å². The molecule has 0 spiro atoms. The molecule has 2 nitrogen and oxygen atoms in total. The lowest BCUT2D eigenvalue weighted by Gasteiger charge is -2.00. The highest BCUT2D eigenvalue weighted by molar-refractivity contribution is 7.16. The van der Waals surface area contributed by atoms with Crippen molar-refractivity contribution in [2.24, 2.45) is 0 Å². The number of benzene rings is 1. The van der Waals surface area contributed by atoms with Crippen molar-refractivity contribution in [3.63, 3.8) is 0 Å². The molecule has 2 aromatic rings. The largest absolute Gasteiger partial charge is 0.320 e. The van der Waals surface area contributed by atoms with Crippen molar-refractivity contribution in [2.45, 2.75) is 12.8 Å². The molecule has 1 aromatic carbocycles. The van der Waals surface area contributed by atoms with Gasteiger partial charge < -0.3 is 5.32 Å². The summed E-state index contributed by atoms with van der Waals surface area (Å²) in [6, 6.07) is 6.54. The Kier molecular flexibility index (Phi) is 3.11. The quantitative estimate of drug-likeness (QED) is 0.777. The monoisotopic (exact) mass is 206 g/mol. The number of hydrogen-bond donors (Lipinski definition) is 1. The summed E-state index contributed by atoms with van der Waals surface area (Å²) in [7, 11) is 1.99. The smallest absolute Gasteiger partial charge is 0.0812 e. The predicted molar refractivity (Wildman–Crippen MR) is 61.9 cm³/mol. The average molecular weight is 206 g/mol. The lowest BCUT2D eigenvalue weighted by Crippen LogP contribution is -2.08. The van der Waals surface area contributed by atoms with Crippen molar-refractivity contribution >= 4 is 21.6 Å². The van der Waals surface area contributed by atoms with E-state index in [4.69, 9.17) is 0 Å². The third-order valence-corrected chi connectivity index (χ3v) is 3.08. The number of fused-ring (bicyclic) bond motifs is 1. The summed E-state index contributed by atoms with van der Waals surface area (Å²) in [6.07, 6.45) is 2.34. The lowest BCUT2D eigenvalue weighted by molar-refractivity contribution is 0.725. The zero-order chi connectivity index (χ0) is 9.80. The van der Waals surface area contributed by atoms with Crippen LogP contribution in [0.2, 0.25) is 0 Å². The Morgan fingerprint density at radius 2 is 2.36 bits per heavy atom. The van der Waals surface area contributed by atoms with Crippen LogP contribution in [-0.4, -0.2) is 18.6 Å².